The van der Waals surface area contributed by atoms with Crippen molar-refractivity contribution in [2.45, 2.75) is 27.4 Å². The number of esters is 2. The van der Waals surface area contributed by atoms with Gasteiger partial charge in [0.1, 0.15) is 11.2 Å². The lowest BCUT2D eigenvalue weighted by molar-refractivity contribution is 0.0433. The summed E-state index contributed by atoms with van der Waals surface area (Å²) in [6.45, 7) is 5.27. The van der Waals surface area contributed by atoms with Crippen molar-refractivity contribution in [1.29, 1.82) is 0 Å². The maximum Gasteiger partial charge on any atom is 0.355 e. The summed E-state index contributed by atoms with van der Waals surface area (Å²) >= 11 is 0. The fourth-order valence-corrected chi connectivity index (χ4v) is 2.64. The van der Waals surface area contributed by atoms with Gasteiger partial charge in [0.15, 0.2) is 12.2 Å². The molecule has 0 amide bonds. The number of fused-ring (bicyclic) bond motifs is 1. The van der Waals surface area contributed by atoms with Gasteiger partial charge in [-0.25, -0.2) is 14.6 Å². The highest BCUT2D eigenvalue weighted by Gasteiger charge is 2.24. The van der Waals surface area contributed by atoms with Crippen molar-refractivity contribution in [3.05, 3.63) is 52.7 Å². The second-order valence-electron chi connectivity index (χ2n) is 5.50. The number of hydrogen-bond donors (Lipinski definition) is 1. The van der Waals surface area contributed by atoms with Crippen molar-refractivity contribution in [3.8, 4) is 0 Å². The van der Waals surface area contributed by atoms with E-state index in [0.717, 1.165) is 0 Å². The molecule has 3 rings (SSSR count). The summed E-state index contributed by atoms with van der Waals surface area (Å²) in [6, 6.07) is 7.29. The Bertz CT molecular complexity index is 905. The van der Waals surface area contributed by atoms with Crippen LogP contribution in [0.4, 0.5) is 0 Å². The van der Waals surface area contributed by atoms with Crippen LogP contribution in [0.3, 0.4) is 0 Å². The van der Waals surface area contributed by atoms with Gasteiger partial charge in [0.25, 0.3) is 0 Å². The van der Waals surface area contributed by atoms with Crippen LogP contribution in [-0.4, -0.2) is 28.5 Å². The molecule has 0 saturated carbocycles. The fraction of sp³-hybridized carbons (Fsp3) is 0.278. The number of carbonyl (C=O) groups excluding carboxylic acids is 2. The Morgan fingerprint density at radius 1 is 1.16 bits per heavy atom. The monoisotopic (exact) mass is 342 g/mol. The predicted molar refractivity (Wildman–Crippen MR) is 89.4 cm³/mol. The van der Waals surface area contributed by atoms with E-state index >= 15 is 0 Å². The molecular formula is C18H18N2O5. The third-order valence-corrected chi connectivity index (χ3v) is 3.79. The molecule has 7 heteroatoms. The van der Waals surface area contributed by atoms with Gasteiger partial charge < -0.3 is 18.9 Å². The Morgan fingerprint density at radius 2 is 1.92 bits per heavy atom. The summed E-state index contributed by atoms with van der Waals surface area (Å²) < 4.78 is 15.8. The predicted octanol–water partition coefficient (Wildman–Crippen LogP) is 3.31. The molecule has 7 nitrogen and oxygen atoms in total. The number of carbonyl (C=O) groups is 2. The lowest BCUT2D eigenvalue weighted by atomic mass is 10.1. The van der Waals surface area contributed by atoms with Crippen LogP contribution in [0.5, 0.6) is 0 Å². The number of aromatic nitrogens is 2. The SMILES string of the molecule is CCOC(=O)c1c(C)[nH]c(C(=O)OCc2nc3ccccc3o2)c1C. The molecule has 0 unspecified atom stereocenters. The maximum atomic E-state index is 12.3. The Labute approximate surface area is 143 Å². The zero-order valence-electron chi connectivity index (χ0n) is 14.2. The molecular weight excluding hydrogens is 324 g/mol. The van der Waals surface area contributed by atoms with Crippen molar-refractivity contribution in [2.24, 2.45) is 0 Å². The van der Waals surface area contributed by atoms with Gasteiger partial charge in [0, 0.05) is 5.69 Å². The zero-order valence-corrected chi connectivity index (χ0v) is 14.2. The summed E-state index contributed by atoms with van der Waals surface area (Å²) in [5.41, 5.74) is 2.96. The number of nitrogens with one attached hydrogen (secondary N) is 1. The van der Waals surface area contributed by atoms with E-state index in [0.29, 0.717) is 33.8 Å². The van der Waals surface area contributed by atoms with Gasteiger partial charge in [0.05, 0.1) is 12.2 Å². The second kappa shape index (κ2) is 6.80. The van der Waals surface area contributed by atoms with Crippen molar-refractivity contribution in [3.63, 3.8) is 0 Å². The van der Waals surface area contributed by atoms with Gasteiger partial charge in [-0.05, 0) is 38.5 Å². The molecule has 0 fully saturated rings. The first-order valence-electron chi connectivity index (χ1n) is 7.89. The minimum atomic E-state index is -0.585. The van der Waals surface area contributed by atoms with Crippen LogP contribution in [0.1, 0.15) is 44.9 Å². The fourth-order valence-electron chi connectivity index (χ4n) is 2.64. The molecule has 0 spiro atoms. The number of nitrogens with zero attached hydrogens (tertiary/aromatic N) is 1. The molecule has 130 valence electrons. The van der Waals surface area contributed by atoms with Gasteiger partial charge in [-0.3, -0.25) is 0 Å². The van der Waals surface area contributed by atoms with E-state index < -0.39 is 11.9 Å². The number of hydrogen-bond acceptors (Lipinski definition) is 6. The largest absolute Gasteiger partial charge is 0.462 e. The molecule has 0 aliphatic carbocycles. The molecule has 0 aliphatic rings. The number of aryl methyl sites for hydroxylation is 1. The van der Waals surface area contributed by atoms with Gasteiger partial charge in [0.2, 0.25) is 5.89 Å². The van der Waals surface area contributed by atoms with Crippen LogP contribution in [0.2, 0.25) is 0 Å². The van der Waals surface area contributed by atoms with Crippen LogP contribution >= 0.6 is 0 Å². The number of H-pyrrole nitrogens is 1. The topological polar surface area (TPSA) is 94.4 Å². The first kappa shape index (κ1) is 16.8. The van der Waals surface area contributed by atoms with E-state index in [1.165, 1.54) is 0 Å². The molecule has 0 saturated heterocycles. The normalized spacial score (nSPS) is 10.8. The summed E-state index contributed by atoms with van der Waals surface area (Å²) in [6.07, 6.45) is 0. The molecule has 0 bridgehead atoms. The van der Waals surface area contributed by atoms with Gasteiger partial charge in [-0.1, -0.05) is 12.1 Å². The summed E-state index contributed by atoms with van der Waals surface area (Å²) in [4.78, 5) is 31.4. The first-order chi connectivity index (χ1) is 12.0. The van der Waals surface area contributed by atoms with E-state index in [9.17, 15) is 9.59 Å². The molecule has 2 heterocycles. The number of oxazole rings is 1. The van der Waals surface area contributed by atoms with Crippen LogP contribution in [0, 0.1) is 13.8 Å². The number of para-hydroxylation sites is 2. The summed E-state index contributed by atoms with van der Waals surface area (Å²) in [7, 11) is 0. The lowest BCUT2D eigenvalue weighted by Gasteiger charge is -2.03. The molecule has 1 N–H and O–H groups in total. The van der Waals surface area contributed by atoms with E-state index in [1.807, 2.05) is 18.2 Å². The molecule has 1 aromatic carbocycles. The maximum absolute atomic E-state index is 12.3. The third-order valence-electron chi connectivity index (χ3n) is 3.79. The zero-order chi connectivity index (χ0) is 18.0. The highest BCUT2D eigenvalue weighted by atomic mass is 16.5. The minimum Gasteiger partial charge on any atom is -0.462 e. The second-order valence-corrected chi connectivity index (χ2v) is 5.50. The standard InChI is InChI=1S/C18H18N2O5/c1-4-23-17(21)15-10(2)16(19-11(15)3)18(22)24-9-14-20-12-7-5-6-8-13(12)25-14/h5-8,19H,4,9H2,1-3H3. The minimum absolute atomic E-state index is 0.0975. The Hall–Kier alpha value is -3.09. The molecule has 0 atom stereocenters. The van der Waals surface area contributed by atoms with Crippen molar-refractivity contribution in [1.82, 2.24) is 9.97 Å². The third kappa shape index (κ3) is 3.26. The number of aromatic amines is 1. The highest BCUT2D eigenvalue weighted by molar-refractivity contribution is 5.98. The number of ether oxygens (including phenoxy) is 2. The van der Waals surface area contributed by atoms with Crippen molar-refractivity contribution >= 4 is 23.0 Å². The van der Waals surface area contributed by atoms with E-state index in [1.54, 1.807) is 26.8 Å². The summed E-state index contributed by atoms with van der Waals surface area (Å²) in [5.74, 6) is -0.744. The highest BCUT2D eigenvalue weighted by Crippen LogP contribution is 2.21. The smallest absolute Gasteiger partial charge is 0.355 e. The molecule has 3 aromatic rings. The Morgan fingerprint density at radius 3 is 2.64 bits per heavy atom. The van der Waals surface area contributed by atoms with E-state index in [-0.39, 0.29) is 18.9 Å². The summed E-state index contributed by atoms with van der Waals surface area (Å²) in [5, 5.41) is 0. The van der Waals surface area contributed by atoms with E-state index in [2.05, 4.69) is 9.97 Å². The van der Waals surface area contributed by atoms with Crippen LogP contribution in [-0.2, 0) is 16.1 Å². The van der Waals surface area contributed by atoms with Gasteiger partial charge >= 0.3 is 11.9 Å². The number of benzene rings is 1. The van der Waals surface area contributed by atoms with Crippen LogP contribution in [0.15, 0.2) is 28.7 Å². The van der Waals surface area contributed by atoms with Crippen molar-refractivity contribution < 1.29 is 23.5 Å². The Kier molecular flexibility index (Phi) is 4.56. The van der Waals surface area contributed by atoms with Crippen LogP contribution in [0.25, 0.3) is 11.1 Å². The molecule has 0 aliphatic heterocycles. The van der Waals surface area contributed by atoms with Gasteiger partial charge in [-0.15, -0.1) is 0 Å². The average molecular weight is 342 g/mol. The Balaban J connectivity index is 1.75. The molecule has 2 aromatic heterocycles. The van der Waals surface area contributed by atoms with E-state index in [4.69, 9.17) is 13.9 Å². The quantitative estimate of drug-likeness (QED) is 0.715. The van der Waals surface area contributed by atoms with Crippen molar-refractivity contribution in [2.75, 3.05) is 6.61 Å². The van der Waals surface area contributed by atoms with Crippen LogP contribution < -0.4 is 0 Å². The molecule has 25 heavy (non-hydrogen) atoms. The van der Waals surface area contributed by atoms with Gasteiger partial charge in [-0.2, -0.15) is 0 Å². The molecule has 0 radical (unpaired) electrons. The number of rotatable bonds is 5. The average Bonchev–Trinajstić information content (AvgIpc) is 3.13. The first-order valence-corrected chi connectivity index (χ1v) is 7.89. The lowest BCUT2D eigenvalue weighted by Crippen LogP contribution is -2.09.